The van der Waals surface area contributed by atoms with Crippen LogP contribution >= 0.6 is 0 Å². The average Bonchev–Trinajstić information content (AvgIpc) is 2.72. The zero-order valence-electron chi connectivity index (χ0n) is 16.4. The highest BCUT2D eigenvalue weighted by molar-refractivity contribution is 6.04. The molecule has 0 radical (unpaired) electrons. The third-order valence-corrected chi connectivity index (χ3v) is 4.46. The van der Waals surface area contributed by atoms with Gasteiger partial charge in [0.25, 0.3) is 0 Å². The van der Waals surface area contributed by atoms with Crippen molar-refractivity contribution in [3.05, 3.63) is 35.0 Å². The Labute approximate surface area is 163 Å². The second kappa shape index (κ2) is 9.23. The van der Waals surface area contributed by atoms with E-state index in [0.717, 1.165) is 0 Å². The summed E-state index contributed by atoms with van der Waals surface area (Å²) in [6, 6.07) is 4.79. The Hall–Kier alpha value is -3.07. The number of ether oxygens (including phenoxy) is 3. The first-order chi connectivity index (χ1) is 13.4. The summed E-state index contributed by atoms with van der Waals surface area (Å²) in [5, 5.41) is 9.67. The zero-order chi connectivity index (χ0) is 20.8. The SMILES string of the molecule is CCN(CC)c1ccc(N2COCC(C(=O)OC)=C2C(=O)OC)cc1C(=O)O. The topological polar surface area (TPSA) is 106 Å². The molecule has 0 aliphatic carbocycles. The van der Waals surface area contributed by atoms with Gasteiger partial charge in [-0.3, -0.25) is 0 Å². The second-order valence-electron chi connectivity index (χ2n) is 5.89. The van der Waals surface area contributed by atoms with Crippen molar-refractivity contribution in [1.29, 1.82) is 0 Å². The average molecular weight is 392 g/mol. The first-order valence-corrected chi connectivity index (χ1v) is 8.76. The molecule has 0 spiro atoms. The molecular formula is C19H24N2O7. The van der Waals surface area contributed by atoms with E-state index in [9.17, 15) is 19.5 Å². The van der Waals surface area contributed by atoms with Gasteiger partial charge in [-0.1, -0.05) is 0 Å². The first kappa shape index (κ1) is 21.2. The van der Waals surface area contributed by atoms with E-state index in [1.54, 1.807) is 12.1 Å². The minimum absolute atomic E-state index is 0.00490. The number of hydrogen-bond acceptors (Lipinski definition) is 8. The molecule has 9 heteroatoms. The number of esters is 2. The monoisotopic (exact) mass is 392 g/mol. The summed E-state index contributed by atoms with van der Waals surface area (Å²) in [6.07, 6.45) is 0. The number of carboxylic acid groups (broad SMARTS) is 1. The molecule has 0 saturated carbocycles. The van der Waals surface area contributed by atoms with Gasteiger partial charge in [-0.2, -0.15) is 0 Å². The third kappa shape index (κ3) is 4.09. The number of aromatic carboxylic acids is 1. The molecular weight excluding hydrogens is 368 g/mol. The van der Waals surface area contributed by atoms with Crippen LogP contribution in [0.15, 0.2) is 29.5 Å². The Morgan fingerprint density at radius 1 is 1.14 bits per heavy atom. The molecule has 0 bridgehead atoms. The molecule has 0 amide bonds. The minimum Gasteiger partial charge on any atom is -0.478 e. The Morgan fingerprint density at radius 3 is 2.32 bits per heavy atom. The summed E-state index contributed by atoms with van der Waals surface area (Å²) >= 11 is 0. The van der Waals surface area contributed by atoms with Crippen LogP contribution in [-0.4, -0.2) is 63.7 Å². The quantitative estimate of drug-likeness (QED) is 0.693. The fraction of sp³-hybridized carbons (Fsp3) is 0.421. The maximum Gasteiger partial charge on any atom is 0.355 e. The molecule has 28 heavy (non-hydrogen) atoms. The van der Waals surface area contributed by atoms with Crippen LogP contribution in [0.3, 0.4) is 0 Å². The fourth-order valence-corrected chi connectivity index (χ4v) is 3.05. The number of nitrogens with zero attached hydrogens (tertiary/aromatic N) is 2. The van der Waals surface area contributed by atoms with E-state index in [-0.39, 0.29) is 30.2 Å². The van der Waals surface area contributed by atoms with Crippen molar-refractivity contribution in [2.75, 3.05) is 50.4 Å². The van der Waals surface area contributed by atoms with E-state index in [4.69, 9.17) is 14.2 Å². The predicted octanol–water partition coefficient (Wildman–Crippen LogP) is 1.63. The number of carboxylic acids is 1. The van der Waals surface area contributed by atoms with Crippen LogP contribution in [-0.2, 0) is 23.8 Å². The summed E-state index contributed by atoms with van der Waals surface area (Å²) in [5.41, 5.74) is 0.999. The van der Waals surface area contributed by atoms with Gasteiger partial charge in [0.2, 0.25) is 0 Å². The smallest absolute Gasteiger partial charge is 0.355 e. The lowest BCUT2D eigenvalue weighted by Crippen LogP contribution is -2.39. The third-order valence-electron chi connectivity index (χ3n) is 4.46. The Kier molecular flexibility index (Phi) is 7.00. The number of methoxy groups -OCH3 is 2. The van der Waals surface area contributed by atoms with Crippen LogP contribution in [0.5, 0.6) is 0 Å². The zero-order valence-corrected chi connectivity index (χ0v) is 16.4. The highest BCUT2D eigenvalue weighted by Crippen LogP contribution is 2.31. The molecule has 0 unspecified atom stereocenters. The van der Waals surface area contributed by atoms with Crippen LogP contribution in [0.25, 0.3) is 0 Å². The summed E-state index contributed by atoms with van der Waals surface area (Å²) in [5.74, 6) is -2.56. The van der Waals surface area contributed by atoms with Crippen molar-refractivity contribution in [2.24, 2.45) is 0 Å². The normalized spacial score (nSPS) is 13.9. The lowest BCUT2D eigenvalue weighted by atomic mass is 10.1. The Morgan fingerprint density at radius 2 is 1.79 bits per heavy atom. The molecule has 152 valence electrons. The molecule has 9 nitrogen and oxygen atoms in total. The highest BCUT2D eigenvalue weighted by Gasteiger charge is 2.33. The summed E-state index contributed by atoms with van der Waals surface area (Å²) < 4.78 is 15.0. The van der Waals surface area contributed by atoms with Gasteiger partial charge in [0, 0.05) is 18.8 Å². The van der Waals surface area contributed by atoms with E-state index >= 15 is 0 Å². The van der Waals surface area contributed by atoms with Crippen molar-refractivity contribution in [1.82, 2.24) is 0 Å². The largest absolute Gasteiger partial charge is 0.478 e. The Balaban J connectivity index is 2.61. The Bertz CT molecular complexity index is 799. The predicted molar refractivity (Wildman–Crippen MR) is 101 cm³/mol. The molecule has 1 N–H and O–H groups in total. The van der Waals surface area contributed by atoms with Crippen molar-refractivity contribution in [3.63, 3.8) is 0 Å². The molecule has 2 rings (SSSR count). The lowest BCUT2D eigenvalue weighted by molar-refractivity contribution is -0.140. The minimum atomic E-state index is -1.10. The molecule has 1 aromatic rings. The van der Waals surface area contributed by atoms with Gasteiger partial charge in [0.15, 0.2) is 0 Å². The fourth-order valence-electron chi connectivity index (χ4n) is 3.05. The molecule has 0 atom stereocenters. The number of anilines is 2. The summed E-state index contributed by atoms with van der Waals surface area (Å²) in [6.45, 7) is 4.99. The number of carbonyl (C=O) groups excluding carboxylic acids is 2. The van der Waals surface area contributed by atoms with Crippen LogP contribution in [0, 0.1) is 0 Å². The van der Waals surface area contributed by atoms with E-state index in [0.29, 0.717) is 24.5 Å². The van der Waals surface area contributed by atoms with Crippen LogP contribution in [0.2, 0.25) is 0 Å². The standard InChI is InChI=1S/C19H24N2O7/c1-5-20(6-2)15-8-7-12(9-13(15)17(22)23)21-11-28-10-14(18(24)26-3)16(21)19(25)27-4/h7-9H,5-6,10-11H2,1-4H3,(H,22,23). The van der Waals surface area contributed by atoms with Crippen LogP contribution in [0.1, 0.15) is 24.2 Å². The number of hydrogen-bond donors (Lipinski definition) is 1. The van der Waals surface area contributed by atoms with Crippen molar-refractivity contribution < 1.29 is 33.7 Å². The van der Waals surface area contributed by atoms with E-state index < -0.39 is 17.9 Å². The van der Waals surface area contributed by atoms with Gasteiger partial charge in [-0.25, -0.2) is 14.4 Å². The molecule has 0 fully saturated rings. The van der Waals surface area contributed by atoms with E-state index in [1.807, 2.05) is 18.7 Å². The molecule has 1 aliphatic rings. The maximum absolute atomic E-state index is 12.4. The first-order valence-electron chi connectivity index (χ1n) is 8.76. The number of carbonyl (C=O) groups is 3. The molecule has 1 heterocycles. The van der Waals surface area contributed by atoms with Crippen molar-refractivity contribution >= 4 is 29.3 Å². The van der Waals surface area contributed by atoms with Gasteiger partial charge in [0.1, 0.15) is 12.4 Å². The molecule has 0 saturated heterocycles. The van der Waals surface area contributed by atoms with Crippen molar-refractivity contribution in [3.8, 4) is 0 Å². The number of rotatable bonds is 7. The maximum atomic E-state index is 12.4. The van der Waals surface area contributed by atoms with Crippen LogP contribution < -0.4 is 9.80 Å². The second-order valence-corrected chi connectivity index (χ2v) is 5.89. The summed E-state index contributed by atoms with van der Waals surface area (Å²) in [4.78, 5) is 39.6. The van der Waals surface area contributed by atoms with Gasteiger partial charge in [0.05, 0.1) is 37.7 Å². The van der Waals surface area contributed by atoms with E-state index in [1.165, 1.54) is 25.2 Å². The summed E-state index contributed by atoms with van der Waals surface area (Å²) in [7, 11) is 2.40. The highest BCUT2D eigenvalue weighted by atomic mass is 16.5. The van der Waals surface area contributed by atoms with Gasteiger partial charge >= 0.3 is 17.9 Å². The number of benzene rings is 1. The van der Waals surface area contributed by atoms with Gasteiger partial charge in [-0.05, 0) is 32.0 Å². The van der Waals surface area contributed by atoms with Gasteiger partial charge in [-0.15, -0.1) is 0 Å². The molecule has 0 aromatic heterocycles. The van der Waals surface area contributed by atoms with E-state index in [2.05, 4.69) is 0 Å². The van der Waals surface area contributed by atoms with Crippen molar-refractivity contribution in [2.45, 2.75) is 13.8 Å². The molecule has 1 aromatic carbocycles. The van der Waals surface area contributed by atoms with Crippen LogP contribution in [0.4, 0.5) is 11.4 Å². The molecule has 1 aliphatic heterocycles. The lowest BCUT2D eigenvalue weighted by Gasteiger charge is -2.32. The van der Waals surface area contributed by atoms with Gasteiger partial charge < -0.3 is 29.1 Å².